The van der Waals surface area contributed by atoms with Crippen molar-refractivity contribution in [3.8, 4) is 11.5 Å². The number of aromatic hydroxyl groups is 2. The molecule has 6 N–H and O–H groups in total. The second-order valence-electron chi connectivity index (χ2n) is 8.40. The van der Waals surface area contributed by atoms with Gasteiger partial charge in [-0.05, 0) is 23.8 Å². The van der Waals surface area contributed by atoms with Gasteiger partial charge in [-0.25, -0.2) is 4.79 Å². The van der Waals surface area contributed by atoms with Gasteiger partial charge in [0.25, 0.3) is 0 Å². The Hall–Kier alpha value is -2.74. The molecule has 0 bridgehead atoms. The number of phenolic OH excluding ortho intramolecular Hbond substituents is 2. The molecule has 0 aromatic heterocycles. The number of hydrogen-bond acceptors (Lipinski definition) is 12. The van der Waals surface area contributed by atoms with Gasteiger partial charge in [0.15, 0.2) is 17.8 Å². The lowest BCUT2D eigenvalue weighted by Crippen LogP contribution is -2.59. The molecule has 0 spiro atoms. The molecule has 0 amide bonds. The zero-order valence-corrected chi connectivity index (χ0v) is 18.3. The summed E-state index contributed by atoms with van der Waals surface area (Å²) >= 11 is 0. The molecular weight excluding hydrogens is 456 g/mol. The number of benzene rings is 1. The van der Waals surface area contributed by atoms with E-state index in [1.807, 2.05) is 0 Å². The highest BCUT2D eigenvalue weighted by Crippen LogP contribution is 2.30. The van der Waals surface area contributed by atoms with Crippen molar-refractivity contribution in [1.29, 1.82) is 0 Å². The molecular formula is C22H28O12. The van der Waals surface area contributed by atoms with Gasteiger partial charge < -0.3 is 49.6 Å². The van der Waals surface area contributed by atoms with Gasteiger partial charge in [0, 0.05) is 12.0 Å². The number of phenols is 2. The van der Waals surface area contributed by atoms with Gasteiger partial charge in [-0.1, -0.05) is 13.0 Å². The Morgan fingerprint density at radius 3 is 2.59 bits per heavy atom. The standard InChI is InChI=1S/C22H28O12/c1-11(22(30)7-17(26)33-10-22)8-32-21-20(29)19(28)18(27)15(34-21)9-31-16(25)5-3-12-2-4-13(23)14(24)6-12/h2-6,11,15,18-21,23-24,27-30H,7-10H2,1H3/t11-,15-,18-,19+,20-,21+,22+/m1/s1. The molecule has 2 saturated heterocycles. The average Bonchev–Trinajstić information content (AvgIpc) is 3.16. The van der Waals surface area contributed by atoms with Crippen LogP contribution in [-0.4, -0.2) is 98.7 Å². The van der Waals surface area contributed by atoms with Crippen LogP contribution >= 0.6 is 0 Å². The lowest BCUT2D eigenvalue weighted by Gasteiger charge is -2.40. The van der Waals surface area contributed by atoms with E-state index in [1.165, 1.54) is 24.3 Å². The van der Waals surface area contributed by atoms with Crippen molar-refractivity contribution in [2.24, 2.45) is 5.92 Å². The minimum atomic E-state index is -1.66. The van der Waals surface area contributed by atoms with E-state index < -0.39 is 60.8 Å². The third kappa shape index (κ3) is 6.03. The molecule has 1 aromatic carbocycles. The Kier molecular flexibility index (Phi) is 8.13. The van der Waals surface area contributed by atoms with E-state index in [1.54, 1.807) is 6.92 Å². The number of aliphatic hydroxyl groups excluding tert-OH is 3. The first-order valence-electron chi connectivity index (χ1n) is 10.6. The minimum Gasteiger partial charge on any atom is -0.504 e. The molecule has 12 heteroatoms. The Morgan fingerprint density at radius 2 is 1.94 bits per heavy atom. The maximum Gasteiger partial charge on any atom is 0.330 e. The molecule has 2 aliphatic rings. The lowest BCUT2D eigenvalue weighted by atomic mass is 9.88. The molecule has 2 aliphatic heterocycles. The van der Waals surface area contributed by atoms with E-state index in [0.29, 0.717) is 5.56 Å². The van der Waals surface area contributed by atoms with E-state index in [-0.39, 0.29) is 31.1 Å². The number of aliphatic hydroxyl groups is 4. The number of hydrogen-bond donors (Lipinski definition) is 6. The summed E-state index contributed by atoms with van der Waals surface area (Å²) in [5, 5.41) is 59.7. The van der Waals surface area contributed by atoms with Crippen LogP contribution in [0, 0.1) is 5.92 Å². The first-order chi connectivity index (χ1) is 16.0. The van der Waals surface area contributed by atoms with Crippen LogP contribution in [0.2, 0.25) is 0 Å². The fourth-order valence-electron chi connectivity index (χ4n) is 3.48. The van der Waals surface area contributed by atoms with E-state index in [2.05, 4.69) is 0 Å². The lowest BCUT2D eigenvalue weighted by molar-refractivity contribution is -0.305. The monoisotopic (exact) mass is 484 g/mol. The van der Waals surface area contributed by atoms with Crippen LogP contribution in [0.1, 0.15) is 18.9 Å². The molecule has 12 nitrogen and oxygen atoms in total. The number of esters is 2. The first-order valence-corrected chi connectivity index (χ1v) is 10.6. The molecule has 0 unspecified atom stereocenters. The Bertz CT molecular complexity index is 917. The summed E-state index contributed by atoms with van der Waals surface area (Å²) in [4.78, 5) is 23.3. The molecule has 7 atom stereocenters. The summed E-state index contributed by atoms with van der Waals surface area (Å²) in [5.41, 5.74) is -1.02. The molecule has 0 saturated carbocycles. The Balaban J connectivity index is 1.53. The third-order valence-electron chi connectivity index (χ3n) is 5.83. The predicted octanol–water partition coefficient (Wildman–Crippen LogP) is -1.21. The number of rotatable bonds is 8. The maximum absolute atomic E-state index is 12.0. The maximum atomic E-state index is 12.0. The quantitative estimate of drug-likeness (QED) is 0.147. The number of cyclic esters (lactones) is 1. The molecule has 2 fully saturated rings. The highest BCUT2D eigenvalue weighted by Gasteiger charge is 2.47. The van der Waals surface area contributed by atoms with Gasteiger partial charge in [0.05, 0.1) is 13.0 Å². The minimum absolute atomic E-state index is 0.160. The second-order valence-corrected chi connectivity index (χ2v) is 8.40. The highest BCUT2D eigenvalue weighted by molar-refractivity contribution is 5.87. The van der Waals surface area contributed by atoms with Crippen molar-refractivity contribution in [1.82, 2.24) is 0 Å². The van der Waals surface area contributed by atoms with E-state index in [9.17, 15) is 40.2 Å². The molecule has 0 aliphatic carbocycles. The normalized spacial score (nSPS) is 32.5. The molecule has 34 heavy (non-hydrogen) atoms. The number of carbonyl (C=O) groups is 2. The van der Waals surface area contributed by atoms with Gasteiger partial charge in [-0.15, -0.1) is 0 Å². The third-order valence-corrected chi connectivity index (χ3v) is 5.83. The Morgan fingerprint density at radius 1 is 1.21 bits per heavy atom. The topological polar surface area (TPSA) is 192 Å². The van der Waals surface area contributed by atoms with Gasteiger partial charge in [0.1, 0.15) is 43.2 Å². The smallest absolute Gasteiger partial charge is 0.330 e. The van der Waals surface area contributed by atoms with Crippen LogP contribution in [0.15, 0.2) is 24.3 Å². The van der Waals surface area contributed by atoms with Gasteiger partial charge in [-0.3, -0.25) is 4.79 Å². The average molecular weight is 484 g/mol. The van der Waals surface area contributed by atoms with Crippen LogP contribution in [0.5, 0.6) is 11.5 Å². The van der Waals surface area contributed by atoms with E-state index in [0.717, 1.165) is 6.08 Å². The molecule has 1 aromatic rings. The summed E-state index contributed by atoms with van der Waals surface area (Å²) in [6.45, 7) is 0.784. The van der Waals surface area contributed by atoms with Crippen LogP contribution in [0.3, 0.4) is 0 Å². The summed E-state index contributed by atoms with van der Waals surface area (Å²) in [7, 11) is 0. The molecule has 3 rings (SSSR count). The predicted molar refractivity (Wildman–Crippen MR) is 112 cm³/mol. The van der Waals surface area contributed by atoms with Crippen LogP contribution in [0.4, 0.5) is 0 Å². The van der Waals surface area contributed by atoms with Gasteiger partial charge in [0.2, 0.25) is 0 Å². The molecule has 188 valence electrons. The van der Waals surface area contributed by atoms with Crippen molar-refractivity contribution in [3.05, 3.63) is 29.8 Å². The molecule has 0 radical (unpaired) electrons. The largest absolute Gasteiger partial charge is 0.504 e. The highest BCUT2D eigenvalue weighted by atomic mass is 16.7. The fourth-order valence-corrected chi connectivity index (χ4v) is 3.48. The van der Waals surface area contributed by atoms with Crippen molar-refractivity contribution in [2.45, 2.75) is 49.7 Å². The van der Waals surface area contributed by atoms with Crippen LogP contribution in [0.25, 0.3) is 6.08 Å². The van der Waals surface area contributed by atoms with Crippen molar-refractivity contribution in [2.75, 3.05) is 19.8 Å². The van der Waals surface area contributed by atoms with Gasteiger partial charge in [-0.2, -0.15) is 0 Å². The van der Waals surface area contributed by atoms with Crippen LogP contribution in [-0.2, 0) is 28.5 Å². The van der Waals surface area contributed by atoms with Crippen molar-refractivity contribution in [3.63, 3.8) is 0 Å². The van der Waals surface area contributed by atoms with Crippen molar-refractivity contribution < 1.29 is 59.2 Å². The number of ether oxygens (including phenoxy) is 4. The van der Waals surface area contributed by atoms with Gasteiger partial charge >= 0.3 is 11.9 Å². The van der Waals surface area contributed by atoms with Crippen molar-refractivity contribution >= 4 is 18.0 Å². The fraction of sp³-hybridized carbons (Fsp3) is 0.545. The van der Waals surface area contributed by atoms with E-state index in [4.69, 9.17) is 18.9 Å². The summed E-state index contributed by atoms with van der Waals surface area (Å²) in [6, 6.07) is 3.94. The molecule has 2 heterocycles. The van der Waals surface area contributed by atoms with E-state index >= 15 is 0 Å². The second kappa shape index (κ2) is 10.7. The number of carbonyl (C=O) groups excluding carboxylic acids is 2. The first kappa shape index (κ1) is 25.9. The summed E-state index contributed by atoms with van der Waals surface area (Å²) < 4.78 is 20.8. The zero-order valence-electron chi connectivity index (χ0n) is 18.3. The summed E-state index contributed by atoms with van der Waals surface area (Å²) in [6.07, 6.45) is -5.32. The SMILES string of the molecule is C[C@H](CO[C@H]1O[C@H](COC(=O)C=Cc2ccc(O)c(O)c2)[C@@H](O)[C@H](O)[C@H]1O)[C@@]1(O)COC(=O)C1. The summed E-state index contributed by atoms with van der Waals surface area (Å²) in [5.74, 6) is -2.61. The zero-order chi connectivity index (χ0) is 25.0. The Labute approximate surface area is 194 Å². The van der Waals surface area contributed by atoms with Crippen LogP contribution < -0.4 is 0 Å².